The molecule has 19 heavy (non-hydrogen) atoms. The summed E-state index contributed by atoms with van der Waals surface area (Å²) in [5, 5.41) is 0.843. The highest BCUT2D eigenvalue weighted by molar-refractivity contribution is 6.42. The van der Waals surface area contributed by atoms with Gasteiger partial charge in [-0.05, 0) is 30.7 Å². The number of benzene rings is 1. The molecule has 0 aliphatic heterocycles. The zero-order chi connectivity index (χ0) is 13.8. The van der Waals surface area contributed by atoms with E-state index in [-0.39, 0.29) is 6.04 Å². The van der Waals surface area contributed by atoms with Crippen LogP contribution in [-0.4, -0.2) is 4.98 Å². The molecule has 5 heteroatoms. The maximum atomic E-state index is 6.05. The van der Waals surface area contributed by atoms with Crippen LogP contribution >= 0.6 is 23.2 Å². The van der Waals surface area contributed by atoms with Crippen molar-refractivity contribution in [1.82, 2.24) is 4.98 Å². The van der Waals surface area contributed by atoms with Crippen LogP contribution in [0.15, 0.2) is 36.5 Å². The third kappa shape index (κ3) is 3.38. The molecule has 0 unspecified atom stereocenters. The van der Waals surface area contributed by atoms with E-state index in [0.717, 1.165) is 12.1 Å². The molecule has 0 aliphatic carbocycles. The van der Waals surface area contributed by atoms with Gasteiger partial charge in [-0.25, -0.2) is 0 Å². The van der Waals surface area contributed by atoms with Crippen LogP contribution in [0.1, 0.15) is 25.1 Å². The second-order valence-corrected chi connectivity index (χ2v) is 4.87. The van der Waals surface area contributed by atoms with Crippen LogP contribution in [0.4, 0.5) is 0 Å². The normalized spacial score (nSPS) is 12.2. The minimum Gasteiger partial charge on any atom is -0.454 e. The quantitative estimate of drug-likeness (QED) is 0.897. The van der Waals surface area contributed by atoms with Gasteiger partial charge in [0, 0.05) is 6.04 Å². The first-order valence-electron chi connectivity index (χ1n) is 5.95. The fourth-order valence-corrected chi connectivity index (χ4v) is 1.90. The van der Waals surface area contributed by atoms with Gasteiger partial charge in [-0.2, -0.15) is 0 Å². The lowest BCUT2D eigenvalue weighted by Gasteiger charge is -2.10. The Morgan fingerprint density at radius 1 is 1.26 bits per heavy atom. The maximum Gasteiger partial charge on any atom is 0.147 e. The largest absolute Gasteiger partial charge is 0.454 e. The van der Waals surface area contributed by atoms with E-state index in [4.69, 9.17) is 33.7 Å². The Kier molecular flexibility index (Phi) is 4.64. The van der Waals surface area contributed by atoms with E-state index < -0.39 is 0 Å². The van der Waals surface area contributed by atoms with Crippen molar-refractivity contribution in [2.75, 3.05) is 0 Å². The van der Waals surface area contributed by atoms with Gasteiger partial charge >= 0.3 is 0 Å². The SMILES string of the molecule is CC[C@H](N)c1ccc(Oc2cccc(Cl)c2Cl)cn1. The van der Waals surface area contributed by atoms with Crippen molar-refractivity contribution >= 4 is 23.2 Å². The van der Waals surface area contributed by atoms with Crippen molar-refractivity contribution < 1.29 is 4.74 Å². The molecule has 2 N–H and O–H groups in total. The summed E-state index contributed by atoms with van der Waals surface area (Å²) in [7, 11) is 0. The first-order chi connectivity index (χ1) is 9.11. The molecule has 2 aromatic rings. The Morgan fingerprint density at radius 2 is 2.05 bits per heavy atom. The van der Waals surface area contributed by atoms with Crippen molar-refractivity contribution in [1.29, 1.82) is 0 Å². The van der Waals surface area contributed by atoms with Gasteiger partial charge in [-0.3, -0.25) is 4.98 Å². The van der Waals surface area contributed by atoms with Crippen LogP contribution in [0.2, 0.25) is 10.0 Å². The molecular weight excluding hydrogens is 283 g/mol. The first kappa shape index (κ1) is 14.1. The van der Waals surface area contributed by atoms with Gasteiger partial charge < -0.3 is 10.5 Å². The summed E-state index contributed by atoms with van der Waals surface area (Å²) in [4.78, 5) is 4.27. The molecule has 100 valence electrons. The van der Waals surface area contributed by atoms with Crippen molar-refractivity contribution in [3.63, 3.8) is 0 Å². The highest BCUT2D eigenvalue weighted by Crippen LogP contribution is 2.34. The molecule has 3 nitrogen and oxygen atoms in total. The van der Waals surface area contributed by atoms with Crippen molar-refractivity contribution in [3.05, 3.63) is 52.3 Å². The molecule has 0 saturated heterocycles. The molecule has 0 saturated carbocycles. The van der Waals surface area contributed by atoms with Gasteiger partial charge in [0.2, 0.25) is 0 Å². The second kappa shape index (κ2) is 6.24. The molecule has 1 aromatic heterocycles. The molecule has 0 spiro atoms. The lowest BCUT2D eigenvalue weighted by molar-refractivity contribution is 0.479. The van der Waals surface area contributed by atoms with Gasteiger partial charge in [-0.1, -0.05) is 36.2 Å². The minimum absolute atomic E-state index is 0.0520. The molecule has 1 atom stereocenters. The van der Waals surface area contributed by atoms with Gasteiger partial charge in [-0.15, -0.1) is 0 Å². The molecule has 1 aromatic carbocycles. The number of ether oxygens (including phenoxy) is 1. The Labute approximate surface area is 122 Å². The van der Waals surface area contributed by atoms with Crippen molar-refractivity contribution in [2.45, 2.75) is 19.4 Å². The summed E-state index contributed by atoms with van der Waals surface area (Å²) in [6.45, 7) is 2.02. The molecular formula is C14H14Cl2N2O. The lowest BCUT2D eigenvalue weighted by Crippen LogP contribution is -2.10. The van der Waals surface area contributed by atoms with Gasteiger partial charge in [0.1, 0.15) is 16.5 Å². The Balaban J connectivity index is 2.18. The van der Waals surface area contributed by atoms with Crippen molar-refractivity contribution in [2.24, 2.45) is 5.73 Å². The molecule has 1 heterocycles. The average Bonchev–Trinajstić information content (AvgIpc) is 2.44. The van der Waals surface area contributed by atoms with E-state index in [1.165, 1.54) is 0 Å². The summed E-state index contributed by atoms with van der Waals surface area (Å²) >= 11 is 12.0. The number of halogens is 2. The number of nitrogens with two attached hydrogens (primary N) is 1. The highest BCUT2D eigenvalue weighted by atomic mass is 35.5. The Bertz CT molecular complexity index is 558. The van der Waals surface area contributed by atoms with Crippen molar-refractivity contribution in [3.8, 4) is 11.5 Å². The lowest BCUT2D eigenvalue weighted by atomic mass is 10.1. The number of rotatable bonds is 4. The van der Waals surface area contributed by atoms with Gasteiger partial charge in [0.15, 0.2) is 0 Å². The smallest absolute Gasteiger partial charge is 0.147 e. The summed E-state index contributed by atoms with van der Waals surface area (Å²) in [5.41, 5.74) is 6.74. The molecule has 0 bridgehead atoms. The Hall–Kier alpha value is -1.29. The summed E-state index contributed by atoms with van der Waals surface area (Å²) in [6, 6.07) is 8.84. The first-order valence-corrected chi connectivity index (χ1v) is 6.70. The maximum absolute atomic E-state index is 6.05. The number of hydrogen-bond donors (Lipinski definition) is 1. The number of nitrogens with zero attached hydrogens (tertiary/aromatic N) is 1. The molecule has 0 amide bonds. The van der Waals surface area contributed by atoms with Gasteiger partial charge in [0.05, 0.1) is 16.9 Å². The second-order valence-electron chi connectivity index (χ2n) is 4.09. The van der Waals surface area contributed by atoms with Crippen LogP contribution in [0.3, 0.4) is 0 Å². The molecule has 0 fully saturated rings. The fraction of sp³-hybridized carbons (Fsp3) is 0.214. The summed E-state index contributed by atoms with van der Waals surface area (Å²) in [6.07, 6.45) is 2.47. The minimum atomic E-state index is -0.0520. The standard InChI is InChI=1S/C14H14Cl2N2O/c1-2-11(17)12-7-6-9(8-18-12)19-13-5-3-4-10(15)14(13)16/h3-8,11H,2,17H2,1H3/t11-/m0/s1. The summed E-state index contributed by atoms with van der Waals surface area (Å²) < 4.78 is 5.64. The number of pyridine rings is 1. The van der Waals surface area contributed by atoms with E-state index in [1.54, 1.807) is 24.4 Å². The molecule has 0 aliphatic rings. The highest BCUT2D eigenvalue weighted by Gasteiger charge is 2.08. The molecule has 0 radical (unpaired) electrons. The topological polar surface area (TPSA) is 48.1 Å². The average molecular weight is 297 g/mol. The van der Waals surface area contributed by atoms with E-state index in [1.807, 2.05) is 19.1 Å². The van der Waals surface area contributed by atoms with Crippen LogP contribution < -0.4 is 10.5 Å². The van der Waals surface area contributed by atoms with E-state index in [0.29, 0.717) is 21.5 Å². The Morgan fingerprint density at radius 3 is 2.68 bits per heavy atom. The third-order valence-corrected chi connectivity index (χ3v) is 3.52. The fourth-order valence-electron chi connectivity index (χ4n) is 1.57. The third-order valence-electron chi connectivity index (χ3n) is 2.72. The molecule has 2 rings (SSSR count). The zero-order valence-corrected chi connectivity index (χ0v) is 11.9. The van der Waals surface area contributed by atoms with Crippen LogP contribution in [0.25, 0.3) is 0 Å². The monoisotopic (exact) mass is 296 g/mol. The van der Waals surface area contributed by atoms with Crippen LogP contribution in [-0.2, 0) is 0 Å². The summed E-state index contributed by atoms with van der Waals surface area (Å²) in [5.74, 6) is 1.10. The van der Waals surface area contributed by atoms with E-state index in [9.17, 15) is 0 Å². The van der Waals surface area contributed by atoms with Crippen LogP contribution in [0.5, 0.6) is 11.5 Å². The van der Waals surface area contributed by atoms with Gasteiger partial charge in [0.25, 0.3) is 0 Å². The predicted octanol–water partition coefficient (Wildman–Crippen LogP) is 4.59. The van der Waals surface area contributed by atoms with E-state index >= 15 is 0 Å². The van der Waals surface area contributed by atoms with Crippen LogP contribution in [0, 0.1) is 0 Å². The van der Waals surface area contributed by atoms with E-state index in [2.05, 4.69) is 4.98 Å². The predicted molar refractivity (Wildman–Crippen MR) is 78.0 cm³/mol. The number of hydrogen-bond acceptors (Lipinski definition) is 3. The zero-order valence-electron chi connectivity index (χ0n) is 10.4. The number of aromatic nitrogens is 1.